The van der Waals surface area contributed by atoms with Crippen LogP contribution in [-0.2, 0) is 19.2 Å². The monoisotopic (exact) mass is 333 g/mol. The van der Waals surface area contributed by atoms with E-state index in [-0.39, 0.29) is 18.9 Å². The summed E-state index contributed by atoms with van der Waals surface area (Å²) in [5, 5.41) is 0.507. The number of benzene rings is 1. The van der Waals surface area contributed by atoms with Crippen LogP contribution in [0.5, 0.6) is 11.5 Å². The summed E-state index contributed by atoms with van der Waals surface area (Å²) in [6, 6.07) is 5.18. The van der Waals surface area contributed by atoms with Crippen LogP contribution in [0.15, 0.2) is 24.3 Å². The van der Waals surface area contributed by atoms with Crippen LogP contribution in [0, 0.1) is 0 Å². The van der Waals surface area contributed by atoms with E-state index in [0.717, 1.165) is 6.08 Å². The van der Waals surface area contributed by atoms with Crippen LogP contribution in [0.25, 0.3) is 6.08 Å². The van der Waals surface area contributed by atoms with E-state index in [2.05, 4.69) is 0 Å². The molecule has 1 aliphatic heterocycles. The second kappa shape index (κ2) is 7.63. The lowest BCUT2D eigenvalue weighted by molar-refractivity contribution is -0.193. The molecule has 0 bridgehead atoms. The Balaban J connectivity index is 2.04. The Bertz CT molecular complexity index is 664. The molecule has 0 radical (unpaired) electrons. The maximum atomic E-state index is 11.7. The van der Waals surface area contributed by atoms with Crippen molar-refractivity contribution in [1.82, 2.24) is 5.06 Å². The van der Waals surface area contributed by atoms with Gasteiger partial charge in [-0.3, -0.25) is 9.59 Å². The van der Waals surface area contributed by atoms with Crippen LogP contribution in [-0.4, -0.2) is 36.1 Å². The van der Waals surface area contributed by atoms with Crippen molar-refractivity contribution in [3.05, 3.63) is 29.8 Å². The number of hydrogen-bond acceptors (Lipinski definition) is 6. The molecular weight excluding hydrogens is 314 g/mol. The van der Waals surface area contributed by atoms with Crippen LogP contribution in [0.4, 0.5) is 0 Å². The third-order valence-corrected chi connectivity index (χ3v) is 3.15. The lowest BCUT2D eigenvalue weighted by atomic mass is 10.2. The van der Waals surface area contributed by atoms with Gasteiger partial charge in [-0.05, 0) is 37.6 Å². The van der Waals surface area contributed by atoms with E-state index in [4.69, 9.17) is 14.3 Å². The van der Waals surface area contributed by atoms with Crippen molar-refractivity contribution in [3.8, 4) is 11.5 Å². The van der Waals surface area contributed by atoms with Gasteiger partial charge in [0.05, 0.1) is 13.2 Å². The summed E-state index contributed by atoms with van der Waals surface area (Å²) >= 11 is 0. The number of imide groups is 1. The molecule has 0 atom stereocenters. The molecule has 0 saturated carbocycles. The number of amides is 2. The molecule has 128 valence electrons. The van der Waals surface area contributed by atoms with Gasteiger partial charge in [0.2, 0.25) is 0 Å². The van der Waals surface area contributed by atoms with Crippen molar-refractivity contribution < 1.29 is 28.7 Å². The summed E-state index contributed by atoms with van der Waals surface area (Å²) in [7, 11) is 1.52. The minimum Gasteiger partial charge on any atom is -0.493 e. The molecule has 24 heavy (non-hydrogen) atoms. The van der Waals surface area contributed by atoms with Gasteiger partial charge in [0, 0.05) is 18.9 Å². The first kappa shape index (κ1) is 17.5. The quantitative estimate of drug-likeness (QED) is 0.586. The van der Waals surface area contributed by atoms with Crippen molar-refractivity contribution >= 4 is 23.9 Å². The number of hydrogen-bond donors (Lipinski definition) is 0. The summed E-state index contributed by atoms with van der Waals surface area (Å²) in [4.78, 5) is 39.2. The highest BCUT2D eigenvalue weighted by Gasteiger charge is 2.32. The van der Waals surface area contributed by atoms with Crippen molar-refractivity contribution in [3.63, 3.8) is 0 Å². The minimum atomic E-state index is -0.805. The van der Waals surface area contributed by atoms with Gasteiger partial charge in [-0.2, -0.15) is 0 Å². The summed E-state index contributed by atoms with van der Waals surface area (Å²) in [5.41, 5.74) is 0.680. The van der Waals surface area contributed by atoms with Crippen molar-refractivity contribution in [2.45, 2.75) is 32.8 Å². The molecule has 0 spiro atoms. The molecule has 0 N–H and O–H groups in total. The lowest BCUT2D eigenvalue weighted by Crippen LogP contribution is -2.31. The minimum absolute atomic E-state index is 0.00538. The van der Waals surface area contributed by atoms with Crippen molar-refractivity contribution in [2.75, 3.05) is 7.11 Å². The van der Waals surface area contributed by atoms with Gasteiger partial charge in [0.1, 0.15) is 0 Å². The molecule has 1 aromatic carbocycles. The van der Waals surface area contributed by atoms with Crippen LogP contribution in [0.3, 0.4) is 0 Å². The third-order valence-electron chi connectivity index (χ3n) is 3.15. The zero-order valence-electron chi connectivity index (χ0n) is 13.8. The van der Waals surface area contributed by atoms with E-state index >= 15 is 0 Å². The first-order valence-corrected chi connectivity index (χ1v) is 7.51. The fraction of sp³-hybridized carbons (Fsp3) is 0.353. The van der Waals surface area contributed by atoms with E-state index in [0.29, 0.717) is 22.1 Å². The predicted molar refractivity (Wildman–Crippen MR) is 85.0 cm³/mol. The fourth-order valence-corrected chi connectivity index (χ4v) is 2.08. The normalized spacial score (nSPS) is 14.6. The standard InChI is InChI=1S/C17H19NO6/c1-11(2)23-13-6-4-12(10-14(13)22-3)5-9-17(21)24-18-15(19)7-8-16(18)20/h4-6,9-11H,7-8H2,1-3H3/b9-5+. The van der Waals surface area contributed by atoms with Gasteiger partial charge < -0.3 is 14.3 Å². The number of ether oxygens (including phenoxy) is 2. The van der Waals surface area contributed by atoms with Crippen LogP contribution >= 0.6 is 0 Å². The highest BCUT2D eigenvalue weighted by molar-refractivity contribution is 6.02. The topological polar surface area (TPSA) is 82.1 Å². The molecule has 0 unspecified atom stereocenters. The average Bonchev–Trinajstić information content (AvgIpc) is 2.85. The largest absolute Gasteiger partial charge is 0.493 e. The number of methoxy groups -OCH3 is 1. The number of hydroxylamine groups is 2. The van der Waals surface area contributed by atoms with E-state index in [1.54, 1.807) is 18.2 Å². The number of rotatable bonds is 6. The van der Waals surface area contributed by atoms with Gasteiger partial charge in [-0.15, -0.1) is 5.06 Å². The summed E-state index contributed by atoms with van der Waals surface area (Å²) in [6.45, 7) is 3.81. The molecular formula is C17H19NO6. The molecule has 2 rings (SSSR count). The first-order chi connectivity index (χ1) is 11.4. The van der Waals surface area contributed by atoms with Crippen LogP contribution in [0.1, 0.15) is 32.3 Å². The maximum Gasteiger partial charge on any atom is 0.356 e. The van der Waals surface area contributed by atoms with Gasteiger partial charge in [-0.25, -0.2) is 4.79 Å². The smallest absolute Gasteiger partial charge is 0.356 e. The van der Waals surface area contributed by atoms with Gasteiger partial charge >= 0.3 is 5.97 Å². The van der Waals surface area contributed by atoms with E-state index in [1.165, 1.54) is 13.2 Å². The van der Waals surface area contributed by atoms with E-state index < -0.39 is 17.8 Å². The first-order valence-electron chi connectivity index (χ1n) is 7.51. The Hall–Kier alpha value is -2.83. The SMILES string of the molecule is COc1cc(/C=C/C(=O)ON2C(=O)CCC2=O)ccc1OC(C)C. The summed E-state index contributed by atoms with van der Waals surface area (Å²) < 4.78 is 10.9. The highest BCUT2D eigenvalue weighted by atomic mass is 16.7. The number of carbonyl (C=O) groups is 3. The van der Waals surface area contributed by atoms with Crippen LogP contribution in [0.2, 0.25) is 0 Å². The second-order valence-corrected chi connectivity index (χ2v) is 5.40. The molecule has 1 aromatic rings. The average molecular weight is 333 g/mol. The predicted octanol–water partition coefficient (Wildman–Crippen LogP) is 2.10. The van der Waals surface area contributed by atoms with Gasteiger partial charge in [0.25, 0.3) is 11.8 Å². The Morgan fingerprint density at radius 2 is 1.83 bits per heavy atom. The highest BCUT2D eigenvalue weighted by Crippen LogP contribution is 2.29. The van der Waals surface area contributed by atoms with Crippen molar-refractivity contribution in [1.29, 1.82) is 0 Å². The lowest BCUT2D eigenvalue weighted by Gasteiger charge is -2.13. The maximum absolute atomic E-state index is 11.7. The molecule has 1 fully saturated rings. The van der Waals surface area contributed by atoms with Crippen molar-refractivity contribution in [2.24, 2.45) is 0 Å². The Morgan fingerprint density at radius 3 is 2.42 bits per heavy atom. The number of carbonyl (C=O) groups excluding carboxylic acids is 3. The summed E-state index contributed by atoms with van der Waals surface area (Å²) in [6.07, 6.45) is 2.76. The van der Waals surface area contributed by atoms with E-state index in [1.807, 2.05) is 13.8 Å². The van der Waals surface area contributed by atoms with E-state index in [9.17, 15) is 14.4 Å². The number of nitrogens with zero attached hydrogens (tertiary/aromatic N) is 1. The van der Waals surface area contributed by atoms with Crippen LogP contribution < -0.4 is 9.47 Å². The summed E-state index contributed by atoms with van der Waals surface area (Å²) in [5.74, 6) is -0.707. The molecule has 0 aliphatic carbocycles. The van der Waals surface area contributed by atoms with Gasteiger partial charge in [0.15, 0.2) is 11.5 Å². The fourth-order valence-electron chi connectivity index (χ4n) is 2.08. The van der Waals surface area contributed by atoms with Gasteiger partial charge in [-0.1, -0.05) is 6.07 Å². The second-order valence-electron chi connectivity index (χ2n) is 5.40. The Morgan fingerprint density at radius 1 is 1.17 bits per heavy atom. The molecule has 1 heterocycles. The molecule has 2 amide bonds. The molecule has 1 saturated heterocycles. The molecule has 7 nitrogen and oxygen atoms in total. The molecule has 7 heteroatoms. The zero-order chi connectivity index (χ0) is 17.7. The Kier molecular flexibility index (Phi) is 5.57. The molecule has 1 aliphatic rings. The Labute approximate surface area is 139 Å². The molecule has 0 aromatic heterocycles. The zero-order valence-corrected chi connectivity index (χ0v) is 13.8. The third kappa shape index (κ3) is 4.34.